The maximum atomic E-state index is 10.0. The van der Waals surface area contributed by atoms with Crippen LogP contribution in [0.3, 0.4) is 0 Å². The van der Waals surface area contributed by atoms with Crippen LogP contribution in [0, 0.1) is 17.8 Å². The Morgan fingerprint density at radius 2 is 2.29 bits per heavy atom. The Labute approximate surface area is 143 Å². The molecule has 2 aromatic rings. The van der Waals surface area contributed by atoms with Gasteiger partial charge in [-0.05, 0) is 13.8 Å². The average Bonchev–Trinajstić information content (AvgIpc) is 3.05. The number of anilines is 1. The first-order valence-corrected chi connectivity index (χ1v) is 7.82. The van der Waals surface area contributed by atoms with Gasteiger partial charge in [0.25, 0.3) is 0 Å². The summed E-state index contributed by atoms with van der Waals surface area (Å²) in [6, 6.07) is 0. The number of rotatable bonds is 3. The lowest BCUT2D eigenvalue weighted by Gasteiger charge is -2.27. The van der Waals surface area contributed by atoms with E-state index in [9.17, 15) is 10.2 Å². The molecule has 0 aromatic carbocycles. The fourth-order valence-corrected chi connectivity index (χ4v) is 3.52. The molecule has 4 N–H and O–H groups in total. The van der Waals surface area contributed by atoms with Gasteiger partial charge in [0.2, 0.25) is 5.95 Å². The topological polar surface area (TPSA) is 119 Å². The van der Waals surface area contributed by atoms with Crippen LogP contribution in [-0.4, -0.2) is 53.4 Å². The van der Waals surface area contributed by atoms with Crippen LogP contribution in [0.4, 0.5) is 5.95 Å². The molecule has 0 aliphatic carbocycles. The minimum absolute atomic E-state index is 0.0924. The van der Waals surface area contributed by atoms with E-state index in [-0.39, 0.29) is 12.6 Å². The predicted molar refractivity (Wildman–Crippen MR) is 87.9 cm³/mol. The van der Waals surface area contributed by atoms with E-state index < -0.39 is 29.2 Å². The molecule has 0 amide bonds. The average molecular weight is 352 g/mol. The Bertz CT molecular complexity index is 814. The van der Waals surface area contributed by atoms with Crippen LogP contribution in [0.25, 0.3) is 11.2 Å². The largest absolute Gasteiger partial charge is 0.396 e. The normalized spacial score (nSPS) is 31.0. The van der Waals surface area contributed by atoms with E-state index in [2.05, 4.69) is 26.8 Å². The zero-order chi connectivity index (χ0) is 17.5. The molecule has 1 fully saturated rings. The minimum Gasteiger partial charge on any atom is -0.396 e. The van der Waals surface area contributed by atoms with E-state index >= 15 is 0 Å². The van der Waals surface area contributed by atoms with E-state index in [1.165, 1.54) is 12.5 Å². The van der Waals surface area contributed by atoms with E-state index in [0.29, 0.717) is 11.2 Å². The van der Waals surface area contributed by atoms with Crippen LogP contribution in [0.2, 0.25) is 0 Å². The molecule has 2 unspecified atom stereocenters. The number of aromatic nitrogens is 4. The van der Waals surface area contributed by atoms with Crippen molar-refractivity contribution in [2.45, 2.75) is 37.2 Å². The highest BCUT2D eigenvalue weighted by Crippen LogP contribution is 2.48. The highest BCUT2D eigenvalue weighted by molar-refractivity contribution is 6.26. The molecule has 8 nitrogen and oxygen atoms in total. The molecule has 3 heterocycles. The standard InChI is InChI=1S/C15H18ClN5O3/c1-3-4-15(16)9(6-22)11(8(2)23)24-13(15)21-7-19-10-5-18-14(17)20-12(10)21/h5,7-9,11,13,22-23H,6H2,1-2H3,(H2,17,18,20)/t8-,9?,11-,13-,15?/m1/s1. The van der Waals surface area contributed by atoms with Crippen molar-refractivity contribution in [1.82, 2.24) is 19.5 Å². The molecule has 0 radical (unpaired) electrons. The van der Waals surface area contributed by atoms with Gasteiger partial charge in [-0.2, -0.15) is 4.98 Å². The van der Waals surface area contributed by atoms with Crippen LogP contribution in [0.1, 0.15) is 20.1 Å². The predicted octanol–water partition coefficient (Wildman–Crippen LogP) is 0.296. The van der Waals surface area contributed by atoms with Crippen LogP contribution >= 0.6 is 11.6 Å². The van der Waals surface area contributed by atoms with Gasteiger partial charge in [0.05, 0.1) is 31.3 Å². The van der Waals surface area contributed by atoms with Crippen LogP contribution in [-0.2, 0) is 4.74 Å². The molecular weight excluding hydrogens is 334 g/mol. The highest BCUT2D eigenvalue weighted by Gasteiger charge is 2.57. The number of imidazole rings is 1. The van der Waals surface area contributed by atoms with Crippen LogP contribution in [0.15, 0.2) is 12.5 Å². The lowest BCUT2D eigenvalue weighted by atomic mass is 9.87. The number of aliphatic hydroxyl groups excluding tert-OH is 2. The van der Waals surface area contributed by atoms with Crippen molar-refractivity contribution in [2.24, 2.45) is 5.92 Å². The molecule has 5 atom stereocenters. The summed E-state index contributed by atoms with van der Waals surface area (Å²) in [4.78, 5) is 11.1. The third-order valence-electron chi connectivity index (χ3n) is 4.16. The Kier molecular flexibility index (Phi) is 4.36. The number of nitrogens with two attached hydrogens (primary N) is 1. The molecule has 0 bridgehead atoms. The van der Waals surface area contributed by atoms with Gasteiger partial charge in [-0.25, -0.2) is 9.97 Å². The van der Waals surface area contributed by atoms with Crippen molar-refractivity contribution in [2.75, 3.05) is 12.3 Å². The number of halogens is 1. The molecule has 3 rings (SSSR count). The fraction of sp³-hybridized carbons (Fsp3) is 0.533. The lowest BCUT2D eigenvalue weighted by molar-refractivity contribution is -0.0662. The summed E-state index contributed by atoms with van der Waals surface area (Å²) < 4.78 is 7.57. The maximum Gasteiger partial charge on any atom is 0.222 e. The first-order valence-electron chi connectivity index (χ1n) is 7.44. The van der Waals surface area contributed by atoms with E-state index in [0.717, 1.165) is 0 Å². The van der Waals surface area contributed by atoms with Crippen molar-refractivity contribution in [3.05, 3.63) is 12.5 Å². The third kappa shape index (κ3) is 2.50. The van der Waals surface area contributed by atoms with Crippen molar-refractivity contribution in [3.8, 4) is 11.8 Å². The second kappa shape index (κ2) is 6.18. The van der Waals surface area contributed by atoms with Crippen molar-refractivity contribution in [1.29, 1.82) is 0 Å². The van der Waals surface area contributed by atoms with Gasteiger partial charge >= 0.3 is 0 Å². The lowest BCUT2D eigenvalue weighted by Crippen LogP contribution is -2.40. The number of hydrogen-bond acceptors (Lipinski definition) is 7. The van der Waals surface area contributed by atoms with Crippen molar-refractivity contribution >= 4 is 28.7 Å². The van der Waals surface area contributed by atoms with Crippen molar-refractivity contribution in [3.63, 3.8) is 0 Å². The van der Waals surface area contributed by atoms with E-state index in [1.807, 2.05) is 0 Å². The highest BCUT2D eigenvalue weighted by atomic mass is 35.5. The summed E-state index contributed by atoms with van der Waals surface area (Å²) in [7, 11) is 0. The fourth-order valence-electron chi connectivity index (χ4n) is 3.08. The SMILES string of the molecule is CC#CC1(Cl)C(CO)[C@@H]([C@@H](C)O)O[C@H]1n1cnc2cnc(N)nc21. The van der Waals surface area contributed by atoms with Crippen molar-refractivity contribution < 1.29 is 14.9 Å². The van der Waals surface area contributed by atoms with Gasteiger partial charge in [-0.15, -0.1) is 5.92 Å². The molecule has 1 aliphatic rings. The third-order valence-corrected chi connectivity index (χ3v) is 4.72. The summed E-state index contributed by atoms with van der Waals surface area (Å²) in [6.45, 7) is 2.95. The Morgan fingerprint density at radius 3 is 2.92 bits per heavy atom. The second-order valence-electron chi connectivity index (χ2n) is 5.71. The Morgan fingerprint density at radius 1 is 1.54 bits per heavy atom. The smallest absolute Gasteiger partial charge is 0.222 e. The minimum atomic E-state index is -1.25. The first kappa shape index (κ1) is 16.9. The van der Waals surface area contributed by atoms with Crippen LogP contribution < -0.4 is 5.73 Å². The van der Waals surface area contributed by atoms with E-state index in [4.69, 9.17) is 22.1 Å². The number of aliphatic hydroxyl groups is 2. The maximum absolute atomic E-state index is 10.0. The molecule has 2 aromatic heterocycles. The second-order valence-corrected chi connectivity index (χ2v) is 6.34. The summed E-state index contributed by atoms with van der Waals surface area (Å²) in [5.41, 5.74) is 6.63. The molecule has 9 heteroatoms. The van der Waals surface area contributed by atoms with Gasteiger partial charge < -0.3 is 20.7 Å². The molecule has 1 aliphatic heterocycles. The molecule has 0 saturated carbocycles. The summed E-state index contributed by atoms with van der Waals surface area (Å²) in [5, 5.41) is 19.8. The molecule has 1 saturated heterocycles. The molecule has 0 spiro atoms. The number of hydrogen-bond donors (Lipinski definition) is 3. The molecule has 128 valence electrons. The quantitative estimate of drug-likeness (QED) is 0.537. The van der Waals surface area contributed by atoms with Crippen LogP contribution in [0.5, 0.6) is 0 Å². The molecule has 24 heavy (non-hydrogen) atoms. The molecular formula is C15H18ClN5O3. The van der Waals surface area contributed by atoms with Gasteiger partial charge in [0.1, 0.15) is 5.52 Å². The van der Waals surface area contributed by atoms with Gasteiger partial charge in [-0.1, -0.05) is 17.5 Å². The number of nitrogen functional groups attached to an aromatic ring is 1. The number of nitrogens with zero attached hydrogens (tertiary/aromatic N) is 4. The Balaban J connectivity index is 2.16. The Hall–Kier alpha value is -1.92. The van der Waals surface area contributed by atoms with Gasteiger partial charge in [0.15, 0.2) is 16.7 Å². The van der Waals surface area contributed by atoms with Gasteiger partial charge in [0, 0.05) is 5.92 Å². The number of alkyl halides is 1. The summed E-state index contributed by atoms with van der Waals surface area (Å²) in [5.74, 6) is 5.20. The zero-order valence-electron chi connectivity index (χ0n) is 13.2. The monoisotopic (exact) mass is 351 g/mol. The number of ether oxygens (including phenoxy) is 1. The first-order chi connectivity index (χ1) is 11.4. The van der Waals surface area contributed by atoms with Gasteiger partial charge in [-0.3, -0.25) is 4.57 Å². The van der Waals surface area contributed by atoms with E-state index in [1.54, 1.807) is 18.4 Å². The number of fused-ring (bicyclic) bond motifs is 1. The summed E-state index contributed by atoms with van der Waals surface area (Å²) >= 11 is 6.78. The zero-order valence-corrected chi connectivity index (χ0v) is 14.0. The summed E-state index contributed by atoms with van der Waals surface area (Å²) in [6.07, 6.45) is 0.688.